The first-order chi connectivity index (χ1) is 12.2. The summed E-state index contributed by atoms with van der Waals surface area (Å²) in [5, 5.41) is 0.854. The predicted molar refractivity (Wildman–Crippen MR) is 97.7 cm³/mol. The first-order valence-corrected chi connectivity index (χ1v) is 8.48. The van der Waals surface area contributed by atoms with Gasteiger partial charge in [-0.05, 0) is 30.3 Å². The van der Waals surface area contributed by atoms with Gasteiger partial charge in [-0.25, -0.2) is 4.98 Å². The van der Waals surface area contributed by atoms with Crippen molar-refractivity contribution >= 4 is 22.2 Å². The summed E-state index contributed by atoms with van der Waals surface area (Å²) < 4.78 is 12.7. The summed E-state index contributed by atoms with van der Waals surface area (Å²) in [6.07, 6.45) is 3.58. The lowest BCUT2D eigenvalue weighted by atomic mass is 10.1. The fourth-order valence-corrected chi connectivity index (χ4v) is 3.43. The van der Waals surface area contributed by atoms with Crippen molar-refractivity contribution in [3.63, 3.8) is 0 Å². The number of aryl methyl sites for hydroxylation is 1. The molecule has 3 heterocycles. The third kappa shape index (κ3) is 2.68. The summed E-state index contributed by atoms with van der Waals surface area (Å²) >= 11 is 1.47. The molecule has 4 rings (SSSR count). The Hall–Kier alpha value is -3.06. The summed E-state index contributed by atoms with van der Waals surface area (Å²) in [4.78, 5) is 20.4. The van der Waals surface area contributed by atoms with Crippen molar-refractivity contribution in [2.45, 2.75) is 0 Å². The number of fused-ring (bicyclic) bond motifs is 1. The van der Waals surface area contributed by atoms with E-state index in [2.05, 4.69) is 9.97 Å². The van der Waals surface area contributed by atoms with Crippen LogP contribution in [0.15, 0.2) is 53.0 Å². The Morgan fingerprint density at radius 2 is 1.92 bits per heavy atom. The number of benzene rings is 1. The minimum absolute atomic E-state index is 0.0640. The van der Waals surface area contributed by atoms with E-state index < -0.39 is 0 Å². The van der Waals surface area contributed by atoms with Gasteiger partial charge in [0.2, 0.25) is 5.88 Å². The first-order valence-electron chi connectivity index (χ1n) is 7.60. The van der Waals surface area contributed by atoms with Gasteiger partial charge in [0, 0.05) is 30.4 Å². The lowest BCUT2D eigenvalue weighted by Gasteiger charge is -2.08. The van der Waals surface area contributed by atoms with Crippen LogP contribution in [-0.4, -0.2) is 21.6 Å². The van der Waals surface area contributed by atoms with Gasteiger partial charge in [0.25, 0.3) is 5.56 Å². The van der Waals surface area contributed by atoms with Crippen LogP contribution in [-0.2, 0) is 7.05 Å². The van der Waals surface area contributed by atoms with Crippen molar-refractivity contribution in [3.8, 4) is 27.8 Å². The molecule has 0 saturated heterocycles. The second-order valence-corrected chi connectivity index (χ2v) is 6.34. The molecule has 1 aromatic carbocycles. The molecule has 0 spiro atoms. The number of pyridine rings is 1. The molecule has 126 valence electrons. The number of methoxy groups -OCH3 is 1. The third-order valence-electron chi connectivity index (χ3n) is 3.95. The summed E-state index contributed by atoms with van der Waals surface area (Å²) in [5.41, 5.74) is 3.15. The van der Waals surface area contributed by atoms with E-state index >= 15 is 0 Å². The largest absolute Gasteiger partial charge is 0.497 e. The number of hydrogen-bond acceptors (Lipinski definition) is 5. The van der Waals surface area contributed by atoms with Crippen LogP contribution >= 0.6 is 11.3 Å². The predicted octanol–water partition coefficient (Wildman–Crippen LogP) is 3.79. The zero-order chi connectivity index (χ0) is 17.4. The number of nitrogens with zero attached hydrogens (tertiary/aromatic N) is 2. The van der Waals surface area contributed by atoms with Gasteiger partial charge < -0.3 is 19.0 Å². The Morgan fingerprint density at radius 3 is 2.68 bits per heavy atom. The third-order valence-corrected chi connectivity index (χ3v) is 4.79. The lowest BCUT2D eigenvalue weighted by molar-refractivity contribution is 0.412. The lowest BCUT2D eigenvalue weighted by Crippen LogP contribution is -2.16. The average Bonchev–Trinajstić information content (AvgIpc) is 3.28. The zero-order valence-electron chi connectivity index (χ0n) is 13.6. The summed E-state index contributed by atoms with van der Waals surface area (Å²) in [6.45, 7) is 0. The van der Waals surface area contributed by atoms with Crippen LogP contribution < -0.4 is 15.0 Å². The van der Waals surface area contributed by atoms with Crippen LogP contribution in [0, 0.1) is 0 Å². The van der Waals surface area contributed by atoms with Crippen LogP contribution in [0.2, 0.25) is 0 Å². The summed E-state index contributed by atoms with van der Waals surface area (Å²) in [7, 11) is 3.35. The second-order valence-electron chi connectivity index (χ2n) is 5.49. The van der Waals surface area contributed by atoms with Gasteiger partial charge in [-0.1, -0.05) is 0 Å². The van der Waals surface area contributed by atoms with Crippen LogP contribution in [0.25, 0.3) is 21.3 Å². The van der Waals surface area contributed by atoms with Gasteiger partial charge in [-0.2, -0.15) is 0 Å². The Kier molecular flexibility index (Phi) is 3.77. The molecule has 0 amide bonds. The molecule has 6 nitrogen and oxygen atoms in total. The summed E-state index contributed by atoms with van der Waals surface area (Å²) in [6, 6.07) is 9.21. The van der Waals surface area contributed by atoms with Crippen molar-refractivity contribution in [2.75, 3.05) is 7.11 Å². The number of aromatic amines is 1. The highest BCUT2D eigenvalue weighted by atomic mass is 32.1. The molecule has 0 saturated carbocycles. The smallest absolute Gasteiger partial charge is 0.274 e. The van der Waals surface area contributed by atoms with Gasteiger partial charge in [0.15, 0.2) is 0 Å². The molecule has 0 aliphatic rings. The van der Waals surface area contributed by atoms with Crippen molar-refractivity contribution in [1.82, 2.24) is 14.5 Å². The van der Waals surface area contributed by atoms with E-state index in [0.717, 1.165) is 21.6 Å². The van der Waals surface area contributed by atoms with Crippen molar-refractivity contribution in [1.29, 1.82) is 0 Å². The van der Waals surface area contributed by atoms with E-state index in [1.54, 1.807) is 30.4 Å². The molecule has 0 atom stereocenters. The SMILES string of the molecule is COc1ccc(Oc2ncsc2-c2cn(C)c(=O)c3[nH]ccc23)cc1. The van der Waals surface area contributed by atoms with Crippen molar-refractivity contribution in [3.05, 3.63) is 58.6 Å². The molecule has 0 aliphatic carbocycles. The van der Waals surface area contributed by atoms with E-state index in [1.807, 2.05) is 36.5 Å². The molecular formula is C18H15N3O3S. The minimum atomic E-state index is -0.0640. The maximum absolute atomic E-state index is 12.2. The average molecular weight is 353 g/mol. The number of nitrogens with one attached hydrogen (secondary N) is 1. The van der Waals surface area contributed by atoms with Crippen molar-refractivity contribution < 1.29 is 9.47 Å². The van der Waals surface area contributed by atoms with Gasteiger partial charge in [-0.3, -0.25) is 4.79 Å². The number of H-pyrrole nitrogens is 1. The van der Waals surface area contributed by atoms with Gasteiger partial charge in [-0.15, -0.1) is 11.3 Å². The van der Waals surface area contributed by atoms with E-state index in [4.69, 9.17) is 9.47 Å². The Bertz CT molecular complexity index is 1090. The van der Waals surface area contributed by atoms with E-state index in [1.165, 1.54) is 11.3 Å². The molecule has 25 heavy (non-hydrogen) atoms. The quantitative estimate of drug-likeness (QED) is 0.606. The highest BCUT2D eigenvalue weighted by Crippen LogP contribution is 2.38. The fraction of sp³-hybridized carbons (Fsp3) is 0.111. The zero-order valence-corrected chi connectivity index (χ0v) is 14.5. The van der Waals surface area contributed by atoms with Crippen LogP contribution in [0.4, 0.5) is 0 Å². The second kappa shape index (κ2) is 6.10. The topological polar surface area (TPSA) is 69.1 Å². The number of ether oxygens (including phenoxy) is 2. The van der Waals surface area contributed by atoms with Gasteiger partial charge in [0.05, 0.1) is 12.6 Å². The molecule has 4 aromatic rings. The van der Waals surface area contributed by atoms with Gasteiger partial charge in [0.1, 0.15) is 21.9 Å². The van der Waals surface area contributed by atoms with E-state index in [9.17, 15) is 4.79 Å². The number of hydrogen-bond donors (Lipinski definition) is 1. The summed E-state index contributed by atoms with van der Waals surface area (Å²) in [5.74, 6) is 1.94. The monoisotopic (exact) mass is 353 g/mol. The first kappa shape index (κ1) is 15.5. The standard InChI is InChI=1S/C18H15N3O3S/c1-21-9-14(13-7-8-19-15(13)18(21)22)16-17(20-10-25-16)24-12-5-3-11(23-2)4-6-12/h3-10,19H,1-2H3. The van der Waals surface area contributed by atoms with Gasteiger partial charge >= 0.3 is 0 Å². The number of aromatic nitrogens is 3. The maximum Gasteiger partial charge on any atom is 0.274 e. The Morgan fingerprint density at radius 1 is 1.16 bits per heavy atom. The fourth-order valence-electron chi connectivity index (χ4n) is 2.69. The molecule has 0 bridgehead atoms. The maximum atomic E-state index is 12.2. The van der Waals surface area contributed by atoms with Crippen LogP contribution in [0.5, 0.6) is 17.4 Å². The minimum Gasteiger partial charge on any atom is -0.497 e. The molecule has 0 aliphatic heterocycles. The Balaban J connectivity index is 1.78. The molecule has 0 fully saturated rings. The molecule has 3 aromatic heterocycles. The highest BCUT2D eigenvalue weighted by molar-refractivity contribution is 7.13. The van der Waals surface area contributed by atoms with E-state index in [0.29, 0.717) is 17.1 Å². The Labute approximate surface area is 147 Å². The molecule has 0 radical (unpaired) electrons. The highest BCUT2D eigenvalue weighted by Gasteiger charge is 2.17. The number of thiazole rings is 1. The normalized spacial score (nSPS) is 11.0. The van der Waals surface area contributed by atoms with E-state index in [-0.39, 0.29) is 5.56 Å². The number of rotatable bonds is 4. The molecule has 1 N–H and O–H groups in total. The van der Waals surface area contributed by atoms with Crippen LogP contribution in [0.1, 0.15) is 0 Å². The molecular weight excluding hydrogens is 338 g/mol. The van der Waals surface area contributed by atoms with Crippen molar-refractivity contribution in [2.24, 2.45) is 7.05 Å². The molecule has 0 unspecified atom stereocenters. The molecule has 7 heteroatoms. The van der Waals surface area contributed by atoms with Crippen LogP contribution in [0.3, 0.4) is 0 Å².